The van der Waals surface area contributed by atoms with Crippen LogP contribution in [0.5, 0.6) is 5.75 Å². The fourth-order valence-electron chi connectivity index (χ4n) is 3.74. The largest absolute Gasteiger partial charge is 0.497 e. The van der Waals surface area contributed by atoms with Crippen molar-refractivity contribution >= 4 is 28.8 Å². The minimum Gasteiger partial charge on any atom is -0.497 e. The van der Waals surface area contributed by atoms with Gasteiger partial charge in [-0.3, -0.25) is 4.79 Å². The van der Waals surface area contributed by atoms with Crippen molar-refractivity contribution in [2.45, 2.75) is 51.3 Å². The molecule has 1 heterocycles. The first-order valence-electron chi connectivity index (χ1n) is 9.32. The summed E-state index contributed by atoms with van der Waals surface area (Å²) in [6, 6.07) is 5.69. The molecule has 1 fully saturated rings. The van der Waals surface area contributed by atoms with Crippen molar-refractivity contribution in [3.63, 3.8) is 0 Å². The first-order chi connectivity index (χ1) is 12.5. The van der Waals surface area contributed by atoms with Gasteiger partial charge >= 0.3 is 5.97 Å². The number of methoxy groups -OCH3 is 1. The lowest BCUT2D eigenvalue weighted by Gasteiger charge is -2.36. The number of H-pyrrole nitrogens is 1. The number of aromatic nitrogens is 2. The highest BCUT2D eigenvalue weighted by Crippen LogP contribution is 2.35. The van der Waals surface area contributed by atoms with Crippen LogP contribution in [-0.4, -0.2) is 34.9 Å². The van der Waals surface area contributed by atoms with E-state index < -0.39 is 0 Å². The smallest absolute Gasteiger partial charge is 0.316 e. The van der Waals surface area contributed by atoms with Gasteiger partial charge in [-0.2, -0.15) is 0 Å². The third kappa shape index (κ3) is 4.53. The predicted octanol–water partition coefficient (Wildman–Crippen LogP) is 4.67. The Morgan fingerprint density at radius 1 is 1.38 bits per heavy atom. The Morgan fingerprint density at radius 3 is 2.92 bits per heavy atom. The number of benzene rings is 1. The molecule has 1 aromatic heterocycles. The number of thioether (sulfide) groups is 1. The van der Waals surface area contributed by atoms with Gasteiger partial charge in [-0.25, -0.2) is 4.98 Å². The van der Waals surface area contributed by atoms with Gasteiger partial charge in [0.25, 0.3) is 0 Å². The molecule has 1 aliphatic carbocycles. The second kappa shape index (κ2) is 8.33. The third-order valence-corrected chi connectivity index (χ3v) is 6.09. The Labute approximate surface area is 159 Å². The molecule has 5 nitrogen and oxygen atoms in total. The van der Waals surface area contributed by atoms with Crippen molar-refractivity contribution in [3.8, 4) is 5.75 Å². The lowest BCUT2D eigenvalue weighted by atomic mass is 9.75. The number of nitrogens with zero attached hydrogens (tertiary/aromatic N) is 1. The summed E-state index contributed by atoms with van der Waals surface area (Å²) in [6.07, 6.45) is 3.40. The average molecular weight is 377 g/mol. The van der Waals surface area contributed by atoms with E-state index >= 15 is 0 Å². The Balaban J connectivity index is 1.58. The summed E-state index contributed by atoms with van der Waals surface area (Å²) in [4.78, 5) is 20.1. The molecule has 0 saturated heterocycles. The van der Waals surface area contributed by atoms with Crippen LogP contribution in [0.4, 0.5) is 0 Å². The van der Waals surface area contributed by atoms with Crippen LogP contribution in [0.15, 0.2) is 23.4 Å². The first-order valence-corrected chi connectivity index (χ1v) is 10.3. The van der Waals surface area contributed by atoms with Gasteiger partial charge in [0.2, 0.25) is 0 Å². The summed E-state index contributed by atoms with van der Waals surface area (Å²) < 4.78 is 11.1. The number of fused-ring (bicyclic) bond motifs is 1. The highest BCUT2D eigenvalue weighted by Gasteiger charge is 2.33. The molecule has 3 rings (SSSR count). The van der Waals surface area contributed by atoms with Crippen LogP contribution in [0.25, 0.3) is 11.0 Å². The molecule has 26 heavy (non-hydrogen) atoms. The zero-order valence-electron chi connectivity index (χ0n) is 16.0. The van der Waals surface area contributed by atoms with Crippen LogP contribution in [-0.2, 0) is 9.53 Å². The second-order valence-electron chi connectivity index (χ2n) is 7.57. The number of imidazole rings is 1. The molecule has 1 N–H and O–H groups in total. The Morgan fingerprint density at radius 2 is 2.19 bits per heavy atom. The summed E-state index contributed by atoms with van der Waals surface area (Å²) in [7, 11) is 1.64. The molecule has 1 aromatic carbocycles. The molecule has 1 aliphatic rings. The number of carbonyl (C=O) groups is 1. The van der Waals surface area contributed by atoms with Gasteiger partial charge in [0.15, 0.2) is 5.16 Å². The van der Waals surface area contributed by atoms with Crippen LogP contribution in [0.3, 0.4) is 0 Å². The van der Waals surface area contributed by atoms with E-state index in [0.29, 0.717) is 17.8 Å². The number of aromatic amines is 1. The number of ether oxygens (including phenoxy) is 2. The Bertz CT molecular complexity index is 759. The van der Waals surface area contributed by atoms with Crippen molar-refractivity contribution in [3.05, 3.63) is 18.2 Å². The van der Waals surface area contributed by atoms with Crippen molar-refractivity contribution in [2.75, 3.05) is 12.9 Å². The van der Waals surface area contributed by atoms with Crippen LogP contribution >= 0.6 is 11.8 Å². The van der Waals surface area contributed by atoms with Gasteiger partial charge in [0, 0.05) is 6.07 Å². The quantitative estimate of drug-likeness (QED) is 0.586. The van der Waals surface area contributed by atoms with E-state index in [1.54, 1.807) is 7.11 Å². The summed E-state index contributed by atoms with van der Waals surface area (Å²) >= 11 is 1.38. The van der Waals surface area contributed by atoms with E-state index in [1.165, 1.54) is 18.2 Å². The van der Waals surface area contributed by atoms with Crippen LogP contribution in [0.1, 0.15) is 40.0 Å². The summed E-state index contributed by atoms with van der Waals surface area (Å²) in [5, 5.41) is 0.725. The Kier molecular flexibility index (Phi) is 6.12. The summed E-state index contributed by atoms with van der Waals surface area (Å²) in [6.45, 7) is 6.69. The number of hydrogen-bond donors (Lipinski definition) is 1. The van der Waals surface area contributed by atoms with Crippen molar-refractivity contribution in [1.29, 1.82) is 0 Å². The van der Waals surface area contributed by atoms with Gasteiger partial charge in [-0.05, 0) is 42.7 Å². The topological polar surface area (TPSA) is 64.2 Å². The molecule has 1 saturated carbocycles. The summed E-state index contributed by atoms with van der Waals surface area (Å²) in [5.41, 5.74) is 1.77. The van der Waals surface area contributed by atoms with Gasteiger partial charge < -0.3 is 14.5 Å². The maximum absolute atomic E-state index is 12.4. The number of carbonyl (C=O) groups excluding carboxylic acids is 1. The van der Waals surface area contributed by atoms with Crippen LogP contribution in [0, 0.1) is 17.8 Å². The van der Waals surface area contributed by atoms with E-state index in [1.807, 2.05) is 18.2 Å². The normalized spacial score (nSPS) is 23.3. The molecule has 142 valence electrons. The number of rotatable bonds is 6. The predicted molar refractivity (Wildman–Crippen MR) is 105 cm³/mol. The third-order valence-electron chi connectivity index (χ3n) is 5.24. The molecule has 0 unspecified atom stereocenters. The van der Waals surface area contributed by atoms with E-state index in [4.69, 9.17) is 9.47 Å². The van der Waals surface area contributed by atoms with Crippen LogP contribution < -0.4 is 4.74 Å². The number of esters is 1. The van der Waals surface area contributed by atoms with Crippen molar-refractivity contribution in [2.24, 2.45) is 17.8 Å². The van der Waals surface area contributed by atoms with Gasteiger partial charge in [-0.15, -0.1) is 0 Å². The number of hydrogen-bond acceptors (Lipinski definition) is 5. The van der Waals surface area contributed by atoms with Crippen molar-refractivity contribution < 1.29 is 14.3 Å². The van der Waals surface area contributed by atoms with Gasteiger partial charge in [-0.1, -0.05) is 39.0 Å². The molecule has 6 heteroatoms. The average Bonchev–Trinajstić information content (AvgIpc) is 3.01. The molecule has 0 radical (unpaired) electrons. The highest BCUT2D eigenvalue weighted by molar-refractivity contribution is 7.99. The molecular formula is C20H28N2O3S. The zero-order chi connectivity index (χ0) is 18.7. The van der Waals surface area contributed by atoms with E-state index in [-0.39, 0.29) is 17.8 Å². The Hall–Kier alpha value is -1.69. The fourth-order valence-corrected chi connectivity index (χ4v) is 4.41. The molecule has 0 spiro atoms. The summed E-state index contributed by atoms with van der Waals surface area (Å²) in [5.74, 6) is 2.53. The zero-order valence-corrected chi connectivity index (χ0v) is 16.8. The monoisotopic (exact) mass is 376 g/mol. The molecule has 0 bridgehead atoms. The molecular weight excluding hydrogens is 348 g/mol. The minimum atomic E-state index is -0.155. The lowest BCUT2D eigenvalue weighted by molar-refractivity contribution is -0.152. The second-order valence-corrected chi connectivity index (χ2v) is 8.53. The maximum atomic E-state index is 12.4. The first kappa shape index (κ1) is 19.1. The van der Waals surface area contributed by atoms with Crippen molar-refractivity contribution in [1.82, 2.24) is 9.97 Å². The standard InChI is InChI=1S/C20H28N2O3S/c1-12(2)15-7-5-13(3)9-18(15)25-19(23)11-26-20-21-16-8-6-14(24-4)10-17(16)22-20/h6,8,10,12-13,15,18H,5,7,9,11H2,1-4H3,(H,21,22)/t13-,15-,18+/m0/s1. The van der Waals surface area contributed by atoms with Gasteiger partial charge in [0.1, 0.15) is 11.9 Å². The molecule has 0 aliphatic heterocycles. The number of nitrogens with one attached hydrogen (secondary N) is 1. The SMILES string of the molecule is COc1ccc2nc(SCC(=O)O[C@@H]3C[C@@H](C)CC[C@H]3C(C)C)[nH]c2c1. The molecule has 2 aromatic rings. The minimum absolute atomic E-state index is 0.0479. The molecule has 0 amide bonds. The molecule has 3 atom stereocenters. The van der Waals surface area contributed by atoms with E-state index in [0.717, 1.165) is 34.8 Å². The maximum Gasteiger partial charge on any atom is 0.316 e. The lowest BCUT2D eigenvalue weighted by Crippen LogP contribution is -2.36. The fraction of sp³-hybridized carbons (Fsp3) is 0.600. The van der Waals surface area contributed by atoms with Crippen LogP contribution in [0.2, 0.25) is 0 Å². The van der Waals surface area contributed by atoms with E-state index in [2.05, 4.69) is 30.7 Å². The highest BCUT2D eigenvalue weighted by atomic mass is 32.2. The van der Waals surface area contributed by atoms with E-state index in [9.17, 15) is 4.79 Å². The van der Waals surface area contributed by atoms with Gasteiger partial charge in [0.05, 0.1) is 23.9 Å².